The van der Waals surface area contributed by atoms with Gasteiger partial charge in [-0.05, 0) is 87.5 Å². The van der Waals surface area contributed by atoms with Gasteiger partial charge in [-0.3, -0.25) is 4.99 Å². The average molecular weight is 619 g/mol. The zero-order valence-corrected chi connectivity index (χ0v) is 27.5. The maximum absolute atomic E-state index is 5.41. The molecular weight excluding hydrogens is 581 g/mol. The molecular formula is C46H38N2. The number of para-hydroxylation sites is 1. The van der Waals surface area contributed by atoms with Gasteiger partial charge in [-0.2, -0.15) is 0 Å². The summed E-state index contributed by atoms with van der Waals surface area (Å²) in [4.78, 5) is 5.41. The summed E-state index contributed by atoms with van der Waals surface area (Å²) < 4.78 is 2.41. The van der Waals surface area contributed by atoms with Crippen molar-refractivity contribution >= 4 is 54.8 Å². The maximum Gasteiger partial charge on any atom is 0.0665 e. The highest BCUT2D eigenvalue weighted by Gasteiger charge is 2.17. The Kier molecular flexibility index (Phi) is 7.92. The van der Waals surface area contributed by atoms with E-state index in [0.717, 1.165) is 41.9 Å². The van der Waals surface area contributed by atoms with Crippen molar-refractivity contribution in [1.82, 2.24) is 4.57 Å². The van der Waals surface area contributed by atoms with Crippen LogP contribution < -0.4 is 0 Å². The Balaban J connectivity index is 1.30. The lowest BCUT2D eigenvalue weighted by Gasteiger charge is -2.16. The van der Waals surface area contributed by atoms with Gasteiger partial charge in [-0.15, -0.1) is 0 Å². The van der Waals surface area contributed by atoms with Crippen LogP contribution in [0.15, 0.2) is 163 Å². The first-order valence-corrected chi connectivity index (χ1v) is 17.1. The van der Waals surface area contributed by atoms with Crippen LogP contribution in [-0.2, 0) is 0 Å². The first-order valence-electron chi connectivity index (χ1n) is 17.1. The average Bonchev–Trinajstić information content (AvgIpc) is 3.49. The molecule has 0 spiro atoms. The molecule has 0 bridgehead atoms. The number of rotatable bonds is 8. The summed E-state index contributed by atoms with van der Waals surface area (Å²) in [6.07, 6.45) is 5.08. The smallest absolute Gasteiger partial charge is 0.0665 e. The number of benzene rings is 7. The van der Waals surface area contributed by atoms with E-state index >= 15 is 0 Å². The minimum absolute atomic E-state index is 0.895. The summed E-state index contributed by atoms with van der Waals surface area (Å²) in [6, 6.07) is 55.1. The molecule has 8 rings (SSSR count). The van der Waals surface area contributed by atoms with Gasteiger partial charge in [0.25, 0.3) is 0 Å². The zero-order valence-electron chi connectivity index (χ0n) is 27.5. The van der Waals surface area contributed by atoms with E-state index in [2.05, 4.69) is 176 Å². The van der Waals surface area contributed by atoms with Gasteiger partial charge < -0.3 is 4.57 Å². The highest BCUT2D eigenvalue weighted by Crippen LogP contribution is 2.38. The van der Waals surface area contributed by atoms with Crippen molar-refractivity contribution in [3.05, 3.63) is 169 Å². The number of fused-ring (bicyclic) bond motifs is 6. The molecule has 0 aliphatic carbocycles. The molecule has 2 nitrogen and oxygen atoms in total. The Labute approximate surface area is 282 Å². The first kappa shape index (κ1) is 29.7. The quantitative estimate of drug-likeness (QED) is 0.151. The molecule has 1 aromatic heterocycles. The van der Waals surface area contributed by atoms with Gasteiger partial charge in [-0.1, -0.05) is 142 Å². The molecule has 0 unspecified atom stereocenters. The van der Waals surface area contributed by atoms with Gasteiger partial charge in [0.05, 0.1) is 16.7 Å². The van der Waals surface area contributed by atoms with E-state index in [-0.39, 0.29) is 0 Å². The van der Waals surface area contributed by atoms with Crippen LogP contribution in [0.2, 0.25) is 0 Å². The fourth-order valence-electron chi connectivity index (χ4n) is 7.19. The fraction of sp³-hybridized carbons (Fsp3) is 0.109. The summed E-state index contributed by atoms with van der Waals surface area (Å²) in [5.74, 6) is 0. The van der Waals surface area contributed by atoms with Crippen LogP contribution in [0.3, 0.4) is 0 Å². The molecule has 1 heterocycles. The van der Waals surface area contributed by atoms with Crippen molar-refractivity contribution in [3.8, 4) is 16.8 Å². The Hall–Kier alpha value is -5.73. The highest BCUT2D eigenvalue weighted by molar-refractivity contribution is 6.21. The summed E-state index contributed by atoms with van der Waals surface area (Å²) in [6.45, 7) is 4.42. The van der Waals surface area contributed by atoms with Crippen molar-refractivity contribution < 1.29 is 0 Å². The van der Waals surface area contributed by atoms with Gasteiger partial charge in [0.15, 0.2) is 0 Å². The molecule has 0 N–H and O–H groups in total. The second-order valence-corrected chi connectivity index (χ2v) is 12.5. The van der Waals surface area contributed by atoms with E-state index in [1.54, 1.807) is 0 Å². The molecule has 0 saturated carbocycles. The third-order valence-corrected chi connectivity index (χ3v) is 9.40. The van der Waals surface area contributed by atoms with E-state index in [9.17, 15) is 0 Å². The molecule has 0 amide bonds. The van der Waals surface area contributed by atoms with Crippen LogP contribution in [0, 0.1) is 0 Å². The Bertz CT molecular complexity index is 2480. The molecule has 0 saturated heterocycles. The van der Waals surface area contributed by atoms with Crippen molar-refractivity contribution in [1.29, 1.82) is 0 Å². The van der Waals surface area contributed by atoms with Crippen LogP contribution in [0.5, 0.6) is 0 Å². The van der Waals surface area contributed by atoms with Gasteiger partial charge >= 0.3 is 0 Å². The molecule has 0 fully saturated rings. The van der Waals surface area contributed by atoms with Crippen LogP contribution in [0.25, 0.3) is 65.9 Å². The second-order valence-electron chi connectivity index (χ2n) is 12.5. The topological polar surface area (TPSA) is 17.3 Å². The van der Waals surface area contributed by atoms with Crippen molar-refractivity contribution in [2.24, 2.45) is 4.99 Å². The highest BCUT2D eigenvalue weighted by atomic mass is 15.0. The third-order valence-electron chi connectivity index (χ3n) is 9.40. The predicted octanol–water partition coefficient (Wildman–Crippen LogP) is 12.8. The van der Waals surface area contributed by atoms with Crippen molar-refractivity contribution in [3.63, 3.8) is 0 Å². The summed E-state index contributed by atoms with van der Waals surface area (Å²) in [7, 11) is 0. The van der Waals surface area contributed by atoms with Crippen molar-refractivity contribution in [2.45, 2.75) is 33.1 Å². The Morgan fingerprint density at radius 2 is 1.27 bits per heavy atom. The second kappa shape index (κ2) is 12.8. The minimum atomic E-state index is 0.895. The van der Waals surface area contributed by atoms with E-state index in [1.807, 2.05) is 0 Å². The third kappa shape index (κ3) is 5.30. The van der Waals surface area contributed by atoms with Crippen LogP contribution in [-0.4, -0.2) is 10.3 Å². The molecule has 7 aromatic carbocycles. The zero-order chi connectivity index (χ0) is 32.5. The lowest BCUT2D eigenvalue weighted by Crippen LogP contribution is -2.05. The molecule has 8 aromatic rings. The first-order chi connectivity index (χ1) is 23.7. The fourth-order valence-corrected chi connectivity index (χ4v) is 7.19. The Morgan fingerprint density at radius 3 is 2.02 bits per heavy atom. The van der Waals surface area contributed by atoms with E-state index < -0.39 is 0 Å². The van der Waals surface area contributed by atoms with Crippen molar-refractivity contribution in [2.75, 3.05) is 0 Å². The molecule has 0 radical (unpaired) electrons. The molecule has 0 atom stereocenters. The number of aromatic nitrogens is 1. The van der Waals surface area contributed by atoms with Crippen LogP contribution in [0.4, 0.5) is 0 Å². The maximum atomic E-state index is 5.41. The van der Waals surface area contributed by atoms with Crippen LogP contribution in [0.1, 0.15) is 44.2 Å². The van der Waals surface area contributed by atoms with Gasteiger partial charge in [0.1, 0.15) is 0 Å². The van der Waals surface area contributed by atoms with Gasteiger partial charge in [0, 0.05) is 27.7 Å². The van der Waals surface area contributed by atoms with E-state index in [1.165, 1.54) is 60.0 Å². The number of hydrogen-bond donors (Lipinski definition) is 0. The number of hydrogen-bond acceptors (Lipinski definition) is 1. The largest absolute Gasteiger partial charge is 0.309 e. The minimum Gasteiger partial charge on any atom is -0.309 e. The molecule has 232 valence electrons. The molecule has 0 aliphatic heterocycles. The summed E-state index contributed by atoms with van der Waals surface area (Å²) >= 11 is 0. The standard InChI is InChI=1S/C46H38N2/c1-3-14-42(34-17-6-5-7-18-34)47-43(15-4-2)41-31-36-20-9-8-19-35(36)30-40(41)33-24-27-37(28-25-33)48-44-23-13-12-22-39(44)46-38-21-11-10-16-32(38)26-29-45(46)48/h5-14,16-31H,3-4,15H2,1-2H3/b42-14-,47-43+. The Morgan fingerprint density at radius 1 is 0.604 bits per heavy atom. The van der Waals surface area contributed by atoms with Gasteiger partial charge in [-0.25, -0.2) is 0 Å². The summed E-state index contributed by atoms with van der Waals surface area (Å²) in [5.41, 5.74) is 10.5. The van der Waals surface area contributed by atoms with Gasteiger partial charge in [0.2, 0.25) is 0 Å². The lowest BCUT2D eigenvalue weighted by molar-refractivity contribution is 0.993. The van der Waals surface area contributed by atoms with E-state index in [0.29, 0.717) is 0 Å². The monoisotopic (exact) mass is 618 g/mol. The number of allylic oxidation sites excluding steroid dienone is 1. The molecule has 0 aliphatic rings. The lowest BCUT2D eigenvalue weighted by atomic mass is 9.91. The molecule has 2 heteroatoms. The summed E-state index contributed by atoms with van der Waals surface area (Å²) in [5, 5.41) is 7.60. The SMILES string of the molecule is CC/C=C(\N=C(/CCC)c1cc2ccccc2cc1-c1ccc(-n2c3ccccc3c3c4ccccc4ccc32)cc1)c1ccccc1. The number of nitrogens with zero attached hydrogens (tertiary/aromatic N) is 2. The number of aliphatic imine (C=N–C) groups is 1. The molecule has 48 heavy (non-hydrogen) atoms. The van der Waals surface area contributed by atoms with E-state index in [4.69, 9.17) is 4.99 Å². The van der Waals surface area contributed by atoms with Crippen LogP contribution >= 0.6 is 0 Å². The predicted molar refractivity (Wildman–Crippen MR) is 207 cm³/mol. The normalized spacial score (nSPS) is 12.5.